The summed E-state index contributed by atoms with van der Waals surface area (Å²) in [7, 11) is 0. The molecule has 3 aromatic rings. The van der Waals surface area contributed by atoms with Gasteiger partial charge in [-0.3, -0.25) is 9.59 Å². The Hall–Kier alpha value is -3.33. The number of thioether (sulfide) groups is 1. The van der Waals surface area contributed by atoms with Crippen molar-refractivity contribution in [1.29, 1.82) is 0 Å². The SMILES string of the molecule is CCn1c(SCC(=O)Nc2ccc(C(N)=O)cc2)nnc1[C@@H](C)Oc1ccccc1. The van der Waals surface area contributed by atoms with Crippen LogP contribution in [0.3, 0.4) is 0 Å². The third-order valence-corrected chi connectivity index (χ3v) is 5.23. The van der Waals surface area contributed by atoms with Crippen LogP contribution in [-0.2, 0) is 11.3 Å². The summed E-state index contributed by atoms with van der Waals surface area (Å²) in [6.07, 6.45) is -0.285. The zero-order chi connectivity index (χ0) is 21.5. The van der Waals surface area contributed by atoms with Crippen LogP contribution in [0.5, 0.6) is 5.75 Å². The van der Waals surface area contributed by atoms with E-state index in [1.54, 1.807) is 24.3 Å². The second kappa shape index (κ2) is 9.93. The van der Waals surface area contributed by atoms with Gasteiger partial charge in [-0.15, -0.1) is 10.2 Å². The van der Waals surface area contributed by atoms with Crippen molar-refractivity contribution in [3.05, 3.63) is 66.0 Å². The van der Waals surface area contributed by atoms with Gasteiger partial charge in [0.15, 0.2) is 17.1 Å². The lowest BCUT2D eigenvalue weighted by Gasteiger charge is -2.15. The maximum atomic E-state index is 12.3. The summed E-state index contributed by atoms with van der Waals surface area (Å²) in [5.41, 5.74) is 6.19. The largest absolute Gasteiger partial charge is 0.483 e. The lowest BCUT2D eigenvalue weighted by atomic mass is 10.2. The summed E-state index contributed by atoms with van der Waals surface area (Å²) in [5, 5.41) is 11.9. The monoisotopic (exact) mass is 425 g/mol. The lowest BCUT2D eigenvalue weighted by molar-refractivity contribution is -0.113. The summed E-state index contributed by atoms with van der Waals surface area (Å²) in [6.45, 7) is 4.57. The average molecular weight is 426 g/mol. The molecule has 1 heterocycles. The molecule has 0 fully saturated rings. The van der Waals surface area contributed by atoms with Crippen molar-refractivity contribution in [2.24, 2.45) is 5.73 Å². The minimum absolute atomic E-state index is 0.170. The fraction of sp³-hybridized carbons (Fsp3) is 0.238. The number of aromatic nitrogens is 3. The second-order valence-electron chi connectivity index (χ2n) is 6.44. The average Bonchev–Trinajstić information content (AvgIpc) is 3.16. The van der Waals surface area contributed by atoms with Crippen molar-refractivity contribution in [3.63, 3.8) is 0 Å². The number of nitrogens with one attached hydrogen (secondary N) is 1. The number of carbonyl (C=O) groups excluding carboxylic acids is 2. The van der Waals surface area contributed by atoms with Crippen LogP contribution in [0.4, 0.5) is 5.69 Å². The van der Waals surface area contributed by atoms with Crippen LogP contribution in [0.25, 0.3) is 0 Å². The number of nitrogens with zero attached hydrogens (tertiary/aromatic N) is 3. The molecule has 0 saturated heterocycles. The van der Waals surface area contributed by atoms with Crippen LogP contribution in [0, 0.1) is 0 Å². The van der Waals surface area contributed by atoms with E-state index in [9.17, 15) is 9.59 Å². The molecule has 1 aromatic heterocycles. The highest BCUT2D eigenvalue weighted by Gasteiger charge is 2.19. The topological polar surface area (TPSA) is 112 Å². The molecule has 30 heavy (non-hydrogen) atoms. The molecule has 2 amide bonds. The van der Waals surface area contributed by atoms with Gasteiger partial charge < -0.3 is 20.4 Å². The molecule has 0 bridgehead atoms. The van der Waals surface area contributed by atoms with E-state index in [0.717, 1.165) is 5.75 Å². The van der Waals surface area contributed by atoms with E-state index in [0.29, 0.717) is 28.8 Å². The van der Waals surface area contributed by atoms with Gasteiger partial charge in [-0.05, 0) is 50.2 Å². The standard InChI is InChI=1S/C21H23N5O3S/c1-3-26-20(14(2)29-17-7-5-4-6-8-17)24-25-21(26)30-13-18(27)23-16-11-9-15(10-12-16)19(22)28/h4-12,14H,3,13H2,1-2H3,(H2,22,28)(H,23,27)/t14-/m1/s1. The molecule has 9 heteroatoms. The van der Waals surface area contributed by atoms with Crippen molar-refractivity contribution in [1.82, 2.24) is 14.8 Å². The van der Waals surface area contributed by atoms with E-state index < -0.39 is 5.91 Å². The Morgan fingerprint density at radius 2 is 1.83 bits per heavy atom. The van der Waals surface area contributed by atoms with E-state index in [1.807, 2.05) is 48.7 Å². The van der Waals surface area contributed by atoms with E-state index >= 15 is 0 Å². The quantitative estimate of drug-likeness (QED) is 0.509. The molecule has 3 N–H and O–H groups in total. The number of carbonyl (C=O) groups is 2. The third kappa shape index (κ3) is 5.38. The zero-order valence-corrected chi connectivity index (χ0v) is 17.6. The Morgan fingerprint density at radius 1 is 1.13 bits per heavy atom. The van der Waals surface area contributed by atoms with Crippen LogP contribution in [-0.4, -0.2) is 32.3 Å². The molecule has 8 nitrogen and oxygen atoms in total. The van der Waals surface area contributed by atoms with Crippen LogP contribution in [0.15, 0.2) is 59.8 Å². The first kappa shape index (κ1) is 21.4. The number of rotatable bonds is 9. The fourth-order valence-electron chi connectivity index (χ4n) is 2.81. The number of hydrogen-bond acceptors (Lipinski definition) is 6. The normalized spacial score (nSPS) is 11.7. The number of ether oxygens (including phenoxy) is 1. The Kier molecular flexibility index (Phi) is 7.08. The second-order valence-corrected chi connectivity index (χ2v) is 7.38. The van der Waals surface area contributed by atoms with Crippen molar-refractivity contribution >= 4 is 29.3 Å². The van der Waals surface area contributed by atoms with E-state index in [-0.39, 0.29) is 17.8 Å². The predicted octanol–water partition coefficient (Wildman–Crippen LogP) is 3.27. The van der Waals surface area contributed by atoms with Gasteiger partial charge in [-0.25, -0.2) is 0 Å². The minimum atomic E-state index is -0.511. The number of anilines is 1. The number of primary amides is 1. The van der Waals surface area contributed by atoms with Crippen molar-refractivity contribution < 1.29 is 14.3 Å². The molecule has 0 radical (unpaired) electrons. The molecule has 0 saturated carbocycles. The summed E-state index contributed by atoms with van der Waals surface area (Å²) in [6, 6.07) is 15.9. The number of nitrogens with two attached hydrogens (primary N) is 1. The fourth-order valence-corrected chi connectivity index (χ4v) is 3.62. The molecule has 1 atom stereocenters. The first-order chi connectivity index (χ1) is 14.5. The summed E-state index contributed by atoms with van der Waals surface area (Å²) >= 11 is 1.30. The van der Waals surface area contributed by atoms with Gasteiger partial charge in [0, 0.05) is 17.8 Å². The summed E-state index contributed by atoms with van der Waals surface area (Å²) < 4.78 is 7.88. The van der Waals surface area contributed by atoms with Gasteiger partial charge >= 0.3 is 0 Å². The molecule has 0 unspecified atom stereocenters. The predicted molar refractivity (Wildman–Crippen MR) is 115 cm³/mol. The Balaban J connectivity index is 1.60. The molecule has 0 spiro atoms. The number of para-hydroxylation sites is 1. The molecule has 156 valence electrons. The highest BCUT2D eigenvalue weighted by Crippen LogP contribution is 2.24. The molecule has 3 rings (SSSR count). The van der Waals surface area contributed by atoms with Crippen LogP contribution >= 0.6 is 11.8 Å². The highest BCUT2D eigenvalue weighted by atomic mass is 32.2. The first-order valence-corrected chi connectivity index (χ1v) is 10.4. The van der Waals surface area contributed by atoms with Crippen LogP contribution < -0.4 is 15.8 Å². The van der Waals surface area contributed by atoms with Gasteiger partial charge in [-0.1, -0.05) is 30.0 Å². The maximum Gasteiger partial charge on any atom is 0.248 e. The van der Waals surface area contributed by atoms with E-state index in [1.165, 1.54) is 11.8 Å². The summed E-state index contributed by atoms with van der Waals surface area (Å²) in [4.78, 5) is 23.4. The van der Waals surface area contributed by atoms with Gasteiger partial charge in [0.2, 0.25) is 11.8 Å². The van der Waals surface area contributed by atoms with Crippen molar-refractivity contribution in [2.45, 2.75) is 31.7 Å². The van der Waals surface area contributed by atoms with E-state index in [2.05, 4.69) is 15.5 Å². The molecule has 0 aliphatic rings. The van der Waals surface area contributed by atoms with Gasteiger partial charge in [0.05, 0.1) is 5.75 Å². The van der Waals surface area contributed by atoms with Gasteiger partial charge in [-0.2, -0.15) is 0 Å². The van der Waals surface area contributed by atoms with Gasteiger partial charge in [0.25, 0.3) is 0 Å². The molecule has 0 aliphatic heterocycles. The van der Waals surface area contributed by atoms with Crippen molar-refractivity contribution in [3.8, 4) is 5.75 Å². The van der Waals surface area contributed by atoms with E-state index in [4.69, 9.17) is 10.5 Å². The zero-order valence-electron chi connectivity index (χ0n) is 16.7. The lowest BCUT2D eigenvalue weighted by Crippen LogP contribution is -2.16. The number of benzene rings is 2. The third-order valence-electron chi connectivity index (χ3n) is 4.27. The summed E-state index contributed by atoms with van der Waals surface area (Å²) in [5.74, 6) is 0.929. The smallest absolute Gasteiger partial charge is 0.248 e. The Morgan fingerprint density at radius 3 is 2.47 bits per heavy atom. The molecule has 0 aliphatic carbocycles. The van der Waals surface area contributed by atoms with Crippen LogP contribution in [0.1, 0.15) is 36.1 Å². The molecular formula is C21H23N5O3S. The van der Waals surface area contributed by atoms with Crippen LogP contribution in [0.2, 0.25) is 0 Å². The number of amides is 2. The first-order valence-electron chi connectivity index (χ1n) is 9.45. The van der Waals surface area contributed by atoms with Crippen molar-refractivity contribution in [2.75, 3.05) is 11.1 Å². The Labute approximate surface area is 178 Å². The molecule has 2 aromatic carbocycles. The number of hydrogen-bond donors (Lipinski definition) is 2. The highest BCUT2D eigenvalue weighted by molar-refractivity contribution is 7.99. The van der Waals surface area contributed by atoms with Gasteiger partial charge in [0.1, 0.15) is 5.75 Å². The Bertz CT molecular complexity index is 1010. The maximum absolute atomic E-state index is 12.3. The minimum Gasteiger partial charge on any atom is -0.483 e. The molecular weight excluding hydrogens is 402 g/mol.